The molecule has 0 atom stereocenters. The molecule has 3 N–H and O–H groups in total. The highest BCUT2D eigenvalue weighted by Gasteiger charge is 2.32. The van der Waals surface area contributed by atoms with Crippen molar-refractivity contribution in [2.75, 3.05) is 25.3 Å². The number of nitrogen functional groups attached to an aromatic ring is 1. The zero-order valence-corrected chi connectivity index (χ0v) is 15.2. The van der Waals surface area contributed by atoms with Crippen molar-refractivity contribution >= 4 is 23.1 Å². The van der Waals surface area contributed by atoms with Gasteiger partial charge in [-0.1, -0.05) is 0 Å². The average molecular weight is 374 g/mol. The summed E-state index contributed by atoms with van der Waals surface area (Å²) in [6.07, 6.45) is 4.89. The zero-order valence-electron chi connectivity index (χ0n) is 15.2. The lowest BCUT2D eigenvalue weighted by atomic mass is 9.84. The SMILES string of the molecule is COc1ncccc1Nc1nc(N)c([N+](=O)[O-])c([C@H]2CC[C@H](OC)CC2)n1. The van der Waals surface area contributed by atoms with Gasteiger partial charge in [0.1, 0.15) is 11.4 Å². The number of nitro groups is 1. The van der Waals surface area contributed by atoms with Crippen LogP contribution in [0.15, 0.2) is 18.3 Å². The second-order valence-electron chi connectivity index (χ2n) is 6.32. The van der Waals surface area contributed by atoms with Crippen LogP contribution in [0.3, 0.4) is 0 Å². The lowest BCUT2D eigenvalue weighted by Crippen LogP contribution is -2.21. The molecule has 0 bridgehead atoms. The second kappa shape index (κ2) is 8.12. The monoisotopic (exact) mass is 374 g/mol. The van der Waals surface area contributed by atoms with Crippen LogP contribution in [-0.4, -0.2) is 40.2 Å². The van der Waals surface area contributed by atoms with E-state index in [0.717, 1.165) is 25.7 Å². The summed E-state index contributed by atoms with van der Waals surface area (Å²) in [5, 5.41) is 14.5. The van der Waals surface area contributed by atoms with Gasteiger partial charge in [-0.2, -0.15) is 4.98 Å². The minimum absolute atomic E-state index is 0.0709. The van der Waals surface area contributed by atoms with Gasteiger partial charge in [0.05, 0.1) is 18.1 Å². The van der Waals surface area contributed by atoms with Crippen molar-refractivity contribution in [3.63, 3.8) is 0 Å². The molecule has 0 aromatic carbocycles. The molecule has 1 saturated carbocycles. The lowest BCUT2D eigenvalue weighted by Gasteiger charge is -2.27. The van der Waals surface area contributed by atoms with E-state index in [-0.39, 0.29) is 29.5 Å². The van der Waals surface area contributed by atoms with E-state index in [9.17, 15) is 10.1 Å². The van der Waals surface area contributed by atoms with E-state index in [2.05, 4.69) is 20.3 Å². The van der Waals surface area contributed by atoms with Crippen LogP contribution in [0, 0.1) is 10.1 Å². The van der Waals surface area contributed by atoms with Crippen LogP contribution in [0.1, 0.15) is 37.3 Å². The molecular weight excluding hydrogens is 352 g/mol. The molecule has 10 heteroatoms. The maximum atomic E-state index is 11.5. The van der Waals surface area contributed by atoms with E-state index >= 15 is 0 Å². The van der Waals surface area contributed by atoms with Crippen molar-refractivity contribution in [1.29, 1.82) is 0 Å². The van der Waals surface area contributed by atoms with Crippen molar-refractivity contribution in [3.8, 4) is 5.88 Å². The summed E-state index contributed by atoms with van der Waals surface area (Å²) in [5.41, 5.74) is 6.58. The standard InChI is InChI=1S/C17H22N6O4/c1-26-11-7-5-10(6-8-11)13-14(23(24)25)15(18)22-17(21-13)20-12-4-3-9-19-16(12)27-2/h3-4,9-11H,5-8H2,1-2H3,(H3,18,20,21,22)/t10-,11-. The zero-order chi connectivity index (χ0) is 19.4. The minimum Gasteiger partial charge on any atom is -0.480 e. The first-order valence-electron chi connectivity index (χ1n) is 8.64. The van der Waals surface area contributed by atoms with Gasteiger partial charge in [0, 0.05) is 19.2 Å². The highest BCUT2D eigenvalue weighted by molar-refractivity contribution is 5.64. The van der Waals surface area contributed by atoms with Crippen molar-refractivity contribution in [2.45, 2.75) is 37.7 Å². The topological polar surface area (TPSA) is 138 Å². The number of pyridine rings is 1. The molecule has 2 aromatic heterocycles. The summed E-state index contributed by atoms with van der Waals surface area (Å²) in [6.45, 7) is 0. The number of rotatable bonds is 6. The highest BCUT2D eigenvalue weighted by atomic mass is 16.6. The van der Waals surface area contributed by atoms with E-state index in [1.165, 1.54) is 7.11 Å². The van der Waals surface area contributed by atoms with Crippen LogP contribution in [0.25, 0.3) is 0 Å². The molecular formula is C17H22N6O4. The Morgan fingerprint density at radius 2 is 2.00 bits per heavy atom. The predicted molar refractivity (Wildman–Crippen MR) is 99.2 cm³/mol. The number of nitrogens with two attached hydrogens (primary N) is 1. The Balaban J connectivity index is 1.95. The van der Waals surface area contributed by atoms with E-state index < -0.39 is 4.92 Å². The third-order valence-corrected chi connectivity index (χ3v) is 4.73. The van der Waals surface area contributed by atoms with Gasteiger partial charge in [-0.05, 0) is 37.8 Å². The van der Waals surface area contributed by atoms with Crippen LogP contribution in [0.4, 0.5) is 23.1 Å². The van der Waals surface area contributed by atoms with Crippen molar-refractivity contribution in [1.82, 2.24) is 15.0 Å². The smallest absolute Gasteiger partial charge is 0.332 e. The van der Waals surface area contributed by atoms with E-state index in [1.54, 1.807) is 25.4 Å². The number of nitrogens with one attached hydrogen (secondary N) is 1. The molecule has 0 unspecified atom stereocenters. The van der Waals surface area contributed by atoms with Gasteiger partial charge in [-0.3, -0.25) is 10.1 Å². The number of hydrogen-bond acceptors (Lipinski definition) is 9. The summed E-state index contributed by atoms with van der Waals surface area (Å²) >= 11 is 0. The molecule has 1 aliphatic carbocycles. The fourth-order valence-electron chi connectivity index (χ4n) is 3.36. The van der Waals surface area contributed by atoms with Crippen molar-refractivity contribution < 1.29 is 14.4 Å². The molecule has 0 aliphatic heterocycles. The third kappa shape index (κ3) is 4.05. The fourth-order valence-corrected chi connectivity index (χ4v) is 3.36. The van der Waals surface area contributed by atoms with Gasteiger partial charge in [-0.15, -0.1) is 0 Å². The first-order chi connectivity index (χ1) is 13.0. The molecule has 2 aromatic rings. The van der Waals surface area contributed by atoms with Gasteiger partial charge in [0.15, 0.2) is 0 Å². The molecule has 0 saturated heterocycles. The Kier molecular flexibility index (Phi) is 5.65. The van der Waals surface area contributed by atoms with Crippen LogP contribution < -0.4 is 15.8 Å². The second-order valence-corrected chi connectivity index (χ2v) is 6.32. The quantitative estimate of drug-likeness (QED) is 0.577. The average Bonchev–Trinajstić information content (AvgIpc) is 2.67. The summed E-state index contributed by atoms with van der Waals surface area (Å²) < 4.78 is 10.6. The van der Waals surface area contributed by atoms with Crippen LogP contribution in [0.2, 0.25) is 0 Å². The largest absolute Gasteiger partial charge is 0.480 e. The summed E-state index contributed by atoms with van der Waals surface area (Å²) in [6, 6.07) is 3.47. The fraction of sp³-hybridized carbons (Fsp3) is 0.471. The predicted octanol–water partition coefficient (Wildman–Crippen LogP) is 2.79. The van der Waals surface area contributed by atoms with Gasteiger partial charge >= 0.3 is 5.69 Å². The summed E-state index contributed by atoms with van der Waals surface area (Å²) in [7, 11) is 3.18. The highest BCUT2D eigenvalue weighted by Crippen LogP contribution is 2.39. The van der Waals surface area contributed by atoms with Gasteiger partial charge < -0.3 is 20.5 Å². The van der Waals surface area contributed by atoms with Gasteiger partial charge in [0.25, 0.3) is 0 Å². The molecule has 3 rings (SSSR count). The molecule has 27 heavy (non-hydrogen) atoms. The third-order valence-electron chi connectivity index (χ3n) is 4.73. The molecule has 1 aliphatic rings. The molecule has 2 heterocycles. The molecule has 1 fully saturated rings. The van der Waals surface area contributed by atoms with Gasteiger partial charge in [-0.25, -0.2) is 9.97 Å². The number of methoxy groups -OCH3 is 2. The summed E-state index contributed by atoms with van der Waals surface area (Å²) in [5.74, 6) is 0.302. The maximum Gasteiger partial charge on any atom is 0.332 e. The number of anilines is 3. The molecule has 144 valence electrons. The summed E-state index contributed by atoms with van der Waals surface area (Å²) in [4.78, 5) is 23.6. The normalized spacial score (nSPS) is 19.5. The van der Waals surface area contributed by atoms with Crippen molar-refractivity contribution in [2.24, 2.45) is 0 Å². The van der Waals surface area contributed by atoms with E-state index in [0.29, 0.717) is 17.3 Å². The first kappa shape index (κ1) is 18.8. The first-order valence-corrected chi connectivity index (χ1v) is 8.64. The Bertz CT molecular complexity index is 823. The van der Waals surface area contributed by atoms with Crippen LogP contribution in [0.5, 0.6) is 5.88 Å². The number of nitrogens with zero attached hydrogens (tertiary/aromatic N) is 4. The molecule has 10 nitrogen and oxygen atoms in total. The molecule has 0 amide bonds. The molecule has 0 radical (unpaired) electrons. The number of hydrogen-bond donors (Lipinski definition) is 2. The number of aromatic nitrogens is 3. The van der Waals surface area contributed by atoms with Crippen molar-refractivity contribution in [3.05, 3.63) is 34.1 Å². The van der Waals surface area contributed by atoms with Crippen LogP contribution >= 0.6 is 0 Å². The van der Waals surface area contributed by atoms with E-state index in [1.807, 2.05) is 0 Å². The lowest BCUT2D eigenvalue weighted by molar-refractivity contribution is -0.385. The van der Waals surface area contributed by atoms with E-state index in [4.69, 9.17) is 15.2 Å². The maximum absolute atomic E-state index is 11.5. The van der Waals surface area contributed by atoms with Crippen LogP contribution in [-0.2, 0) is 4.74 Å². The minimum atomic E-state index is -0.512. The Morgan fingerprint density at radius 1 is 1.26 bits per heavy atom. The Labute approximate surface area is 156 Å². The Hall–Kier alpha value is -3.01. The molecule has 0 spiro atoms. The van der Waals surface area contributed by atoms with Gasteiger partial charge in [0.2, 0.25) is 17.6 Å². The Morgan fingerprint density at radius 3 is 2.63 bits per heavy atom. The number of ether oxygens (including phenoxy) is 2.